The quantitative estimate of drug-likeness (QED) is 0.504. The van der Waals surface area contributed by atoms with Crippen molar-refractivity contribution in [2.45, 2.75) is 20.0 Å². The Hall–Kier alpha value is -3.68. The van der Waals surface area contributed by atoms with Gasteiger partial charge in [-0.3, -0.25) is 14.5 Å². The Balaban J connectivity index is 1.46. The maximum atomic E-state index is 13.1. The molecule has 1 aromatic heterocycles. The van der Waals surface area contributed by atoms with Crippen LogP contribution in [0.15, 0.2) is 77.0 Å². The molecule has 0 aliphatic carbocycles. The van der Waals surface area contributed by atoms with E-state index in [1.165, 1.54) is 12.3 Å². The van der Waals surface area contributed by atoms with Crippen molar-refractivity contribution in [1.29, 1.82) is 0 Å². The molecule has 4 rings (SSSR count). The molecule has 0 bridgehead atoms. The van der Waals surface area contributed by atoms with Gasteiger partial charge in [0.05, 0.1) is 19.5 Å². The molecule has 7 nitrogen and oxygen atoms in total. The maximum absolute atomic E-state index is 13.1. The lowest BCUT2D eigenvalue weighted by Crippen LogP contribution is -2.36. The first-order valence-corrected chi connectivity index (χ1v) is 11.4. The highest BCUT2D eigenvalue weighted by atomic mass is 16.5. The standard InChI is InChI=1S/C27H29N3O4/c1-20-8-10-21(11-9-20)26(31)29-25(17-24-7-4-14-34-24)27(32)28-18-22-5-2-3-6-23(22)19-30-12-15-33-16-13-30/h2-11,14,17H,12-13,15-16,18-19H2,1H3,(H,28,32)(H,29,31)/b25-17-. The van der Waals surface area contributed by atoms with E-state index in [-0.39, 0.29) is 11.6 Å². The monoisotopic (exact) mass is 459 g/mol. The van der Waals surface area contributed by atoms with Gasteiger partial charge in [0.2, 0.25) is 0 Å². The van der Waals surface area contributed by atoms with Gasteiger partial charge < -0.3 is 19.8 Å². The lowest BCUT2D eigenvalue weighted by molar-refractivity contribution is -0.117. The van der Waals surface area contributed by atoms with E-state index in [2.05, 4.69) is 21.6 Å². The highest BCUT2D eigenvalue weighted by Crippen LogP contribution is 2.14. The average molecular weight is 460 g/mol. The van der Waals surface area contributed by atoms with Gasteiger partial charge >= 0.3 is 0 Å². The van der Waals surface area contributed by atoms with Crippen molar-refractivity contribution in [3.8, 4) is 0 Å². The van der Waals surface area contributed by atoms with E-state index < -0.39 is 5.91 Å². The van der Waals surface area contributed by atoms with Crippen LogP contribution < -0.4 is 10.6 Å². The van der Waals surface area contributed by atoms with Gasteiger partial charge in [-0.15, -0.1) is 0 Å². The van der Waals surface area contributed by atoms with Crippen molar-refractivity contribution in [1.82, 2.24) is 15.5 Å². The van der Waals surface area contributed by atoms with Gasteiger partial charge in [-0.1, -0.05) is 42.0 Å². The first-order valence-electron chi connectivity index (χ1n) is 11.4. The fraction of sp³-hybridized carbons (Fsp3) is 0.259. The number of hydrogen-bond acceptors (Lipinski definition) is 5. The zero-order valence-electron chi connectivity index (χ0n) is 19.3. The number of amides is 2. The van der Waals surface area contributed by atoms with Crippen LogP contribution in [0.5, 0.6) is 0 Å². The maximum Gasteiger partial charge on any atom is 0.268 e. The molecule has 2 aromatic carbocycles. The Kier molecular flexibility index (Phi) is 7.91. The molecule has 0 atom stereocenters. The van der Waals surface area contributed by atoms with Crippen LogP contribution in [-0.4, -0.2) is 43.0 Å². The summed E-state index contributed by atoms with van der Waals surface area (Å²) in [5.74, 6) is -0.277. The van der Waals surface area contributed by atoms with Crippen molar-refractivity contribution < 1.29 is 18.7 Å². The number of furan rings is 1. The number of hydrogen-bond donors (Lipinski definition) is 2. The number of nitrogens with one attached hydrogen (secondary N) is 2. The smallest absolute Gasteiger partial charge is 0.268 e. The summed E-state index contributed by atoms with van der Waals surface area (Å²) in [5, 5.41) is 5.68. The highest BCUT2D eigenvalue weighted by Gasteiger charge is 2.17. The summed E-state index contributed by atoms with van der Waals surface area (Å²) in [5.41, 5.74) is 3.83. The third-order valence-corrected chi connectivity index (χ3v) is 5.69. The first kappa shape index (κ1) is 23.5. The molecular formula is C27H29N3O4. The largest absolute Gasteiger partial charge is 0.465 e. The van der Waals surface area contributed by atoms with E-state index in [0.29, 0.717) is 17.9 Å². The zero-order chi connectivity index (χ0) is 23.8. The minimum Gasteiger partial charge on any atom is -0.465 e. The lowest BCUT2D eigenvalue weighted by atomic mass is 10.1. The number of morpholine rings is 1. The van der Waals surface area contributed by atoms with Crippen LogP contribution in [0, 0.1) is 6.92 Å². The molecule has 1 aliphatic heterocycles. The lowest BCUT2D eigenvalue weighted by Gasteiger charge is -2.27. The minimum absolute atomic E-state index is 0.117. The van der Waals surface area contributed by atoms with Crippen molar-refractivity contribution in [2.75, 3.05) is 26.3 Å². The van der Waals surface area contributed by atoms with E-state index in [9.17, 15) is 9.59 Å². The predicted octanol–water partition coefficient (Wildman–Crippen LogP) is 3.51. The summed E-state index contributed by atoms with van der Waals surface area (Å²) in [6.45, 7) is 6.35. The summed E-state index contributed by atoms with van der Waals surface area (Å²) in [7, 11) is 0. The molecule has 2 N–H and O–H groups in total. The molecule has 1 aliphatic rings. The number of ether oxygens (including phenoxy) is 1. The van der Waals surface area contributed by atoms with E-state index in [0.717, 1.165) is 49.5 Å². The number of nitrogens with zero attached hydrogens (tertiary/aromatic N) is 1. The summed E-state index contributed by atoms with van der Waals surface area (Å²) in [6.07, 6.45) is 3.05. The van der Waals surface area contributed by atoms with Crippen LogP contribution in [0.4, 0.5) is 0 Å². The number of rotatable bonds is 8. The van der Waals surface area contributed by atoms with E-state index in [1.54, 1.807) is 24.3 Å². The first-order chi connectivity index (χ1) is 16.6. The SMILES string of the molecule is Cc1ccc(C(=O)N/C(=C\c2ccco2)C(=O)NCc2ccccc2CN2CCOCC2)cc1. The normalized spacial score (nSPS) is 14.6. The topological polar surface area (TPSA) is 83.8 Å². The van der Waals surface area contributed by atoms with Gasteiger partial charge in [0.1, 0.15) is 11.5 Å². The van der Waals surface area contributed by atoms with Gasteiger partial charge in [-0.05, 0) is 42.3 Å². The number of carbonyl (C=O) groups excluding carboxylic acids is 2. The molecular weight excluding hydrogens is 430 g/mol. The zero-order valence-corrected chi connectivity index (χ0v) is 19.3. The molecule has 0 unspecified atom stereocenters. The van der Waals surface area contributed by atoms with E-state index >= 15 is 0 Å². The van der Waals surface area contributed by atoms with Crippen molar-refractivity contribution in [3.63, 3.8) is 0 Å². The Morgan fingerprint density at radius 1 is 0.971 bits per heavy atom. The predicted molar refractivity (Wildman–Crippen MR) is 130 cm³/mol. The van der Waals surface area contributed by atoms with Gasteiger partial charge in [0.25, 0.3) is 11.8 Å². The van der Waals surface area contributed by atoms with Crippen LogP contribution in [0.25, 0.3) is 6.08 Å². The van der Waals surface area contributed by atoms with E-state index in [1.807, 2.05) is 37.3 Å². The molecule has 0 radical (unpaired) electrons. The van der Waals surface area contributed by atoms with Gasteiger partial charge in [-0.2, -0.15) is 0 Å². The van der Waals surface area contributed by atoms with E-state index in [4.69, 9.17) is 9.15 Å². The highest BCUT2D eigenvalue weighted by molar-refractivity contribution is 6.05. The Labute approximate surface area is 199 Å². The van der Waals surface area contributed by atoms with Crippen molar-refractivity contribution in [3.05, 3.63) is 101 Å². The summed E-state index contributed by atoms with van der Waals surface area (Å²) < 4.78 is 10.8. The number of carbonyl (C=O) groups is 2. The van der Waals surface area contributed by atoms with Gasteiger partial charge in [0, 0.05) is 37.8 Å². The summed E-state index contributed by atoms with van der Waals surface area (Å²) in [6, 6.07) is 18.7. The Morgan fingerprint density at radius 2 is 1.71 bits per heavy atom. The van der Waals surface area contributed by atoms with Crippen molar-refractivity contribution in [2.24, 2.45) is 0 Å². The van der Waals surface area contributed by atoms with Crippen LogP contribution in [0.2, 0.25) is 0 Å². The number of aryl methyl sites for hydroxylation is 1. The molecule has 0 saturated carbocycles. The van der Waals surface area contributed by atoms with Crippen LogP contribution in [0.1, 0.15) is 32.8 Å². The second-order valence-corrected chi connectivity index (χ2v) is 8.23. The molecule has 3 aromatic rings. The molecule has 1 saturated heterocycles. The molecule has 2 heterocycles. The second-order valence-electron chi connectivity index (χ2n) is 8.23. The Bertz CT molecular complexity index is 1130. The second kappa shape index (κ2) is 11.4. The average Bonchev–Trinajstić information content (AvgIpc) is 3.37. The Morgan fingerprint density at radius 3 is 2.41 bits per heavy atom. The minimum atomic E-state index is -0.391. The number of benzene rings is 2. The fourth-order valence-electron chi connectivity index (χ4n) is 3.73. The third-order valence-electron chi connectivity index (χ3n) is 5.69. The van der Waals surface area contributed by atoms with Crippen LogP contribution in [0.3, 0.4) is 0 Å². The molecule has 0 spiro atoms. The van der Waals surface area contributed by atoms with Gasteiger partial charge in [0.15, 0.2) is 0 Å². The summed E-state index contributed by atoms with van der Waals surface area (Å²) in [4.78, 5) is 28.2. The fourth-order valence-corrected chi connectivity index (χ4v) is 3.73. The van der Waals surface area contributed by atoms with Crippen molar-refractivity contribution >= 4 is 17.9 Å². The molecule has 176 valence electrons. The molecule has 1 fully saturated rings. The van der Waals surface area contributed by atoms with Crippen LogP contribution >= 0.6 is 0 Å². The third kappa shape index (κ3) is 6.43. The summed E-state index contributed by atoms with van der Waals surface area (Å²) >= 11 is 0. The van der Waals surface area contributed by atoms with Crippen LogP contribution in [-0.2, 0) is 22.6 Å². The van der Waals surface area contributed by atoms with Gasteiger partial charge in [-0.25, -0.2) is 0 Å². The molecule has 2 amide bonds. The molecule has 34 heavy (non-hydrogen) atoms. The molecule has 7 heteroatoms.